The lowest BCUT2D eigenvalue weighted by Crippen LogP contribution is -2.31. The number of ether oxygens (including phenoxy) is 3. The van der Waals surface area contributed by atoms with Gasteiger partial charge in [-0.25, -0.2) is 0 Å². The highest BCUT2D eigenvalue weighted by Gasteiger charge is 2.29. The van der Waals surface area contributed by atoms with Crippen molar-refractivity contribution in [2.45, 2.75) is 221 Å². The van der Waals surface area contributed by atoms with Gasteiger partial charge < -0.3 is 14.2 Å². The third kappa shape index (κ3) is 32.4. The van der Waals surface area contributed by atoms with E-state index in [-0.39, 0.29) is 68.5 Å². The molecule has 17 aromatic carbocycles. The van der Waals surface area contributed by atoms with Gasteiger partial charge in [0.2, 0.25) is 0 Å². The van der Waals surface area contributed by atoms with Crippen molar-refractivity contribution in [3.05, 3.63) is 446 Å². The van der Waals surface area contributed by atoms with Gasteiger partial charge in [-0.15, -0.1) is 0 Å². The summed E-state index contributed by atoms with van der Waals surface area (Å²) in [4.78, 5) is 0. The van der Waals surface area contributed by atoms with Crippen LogP contribution >= 0.6 is 0 Å². The van der Waals surface area contributed by atoms with Gasteiger partial charge in [0.1, 0.15) is 0 Å². The van der Waals surface area contributed by atoms with Gasteiger partial charge in [-0.2, -0.15) is 0 Å². The molecule has 0 radical (unpaired) electrons. The van der Waals surface area contributed by atoms with E-state index in [0.717, 1.165) is 0 Å². The minimum Gasteiger partial charge on any atom is -0.379 e. The number of benzene rings is 17. The van der Waals surface area contributed by atoms with E-state index in [1.165, 1.54) is 128 Å². The van der Waals surface area contributed by atoms with Crippen LogP contribution in [0.5, 0.6) is 0 Å². The van der Waals surface area contributed by atoms with E-state index in [0.29, 0.717) is 0 Å². The summed E-state index contributed by atoms with van der Waals surface area (Å²) < 4.78 is 267. The van der Waals surface area contributed by atoms with Gasteiger partial charge in [-0.05, 0) is 357 Å². The first-order valence-corrected chi connectivity index (χ1v) is 45.8. The Kier molecular flexibility index (Phi) is 27.3. The second kappa shape index (κ2) is 50.0. The van der Waals surface area contributed by atoms with Crippen molar-refractivity contribution in [2.24, 2.45) is 0 Å². The van der Waals surface area contributed by atoms with Crippen molar-refractivity contribution >= 4 is 0 Å². The van der Waals surface area contributed by atoms with Gasteiger partial charge in [0.05, 0.1) is 60.8 Å². The van der Waals surface area contributed by atoms with E-state index in [4.69, 9.17) is 40.3 Å². The second-order valence-electron chi connectivity index (χ2n) is 40.0. The molecule has 0 bridgehead atoms. The van der Waals surface area contributed by atoms with Crippen LogP contribution < -0.4 is 0 Å². The molecular formula is C137H158O3. The van der Waals surface area contributed by atoms with Gasteiger partial charge in [-0.3, -0.25) is 0 Å². The first kappa shape index (κ1) is 76.5. The summed E-state index contributed by atoms with van der Waals surface area (Å²) in [5.74, 6) is 0. The highest BCUT2D eigenvalue weighted by atomic mass is 16.5. The van der Waals surface area contributed by atoms with E-state index in [1.807, 2.05) is 41.5 Å². The van der Waals surface area contributed by atoms with Crippen molar-refractivity contribution in [3.63, 3.8) is 0 Å². The minimum atomic E-state index is -1.61. The highest BCUT2D eigenvalue weighted by molar-refractivity contribution is 5.92. The molecule has 724 valence electrons. The van der Waals surface area contributed by atoms with Crippen LogP contribution in [0.3, 0.4) is 0 Å². The van der Waals surface area contributed by atoms with Gasteiger partial charge in [-0.1, -0.05) is 443 Å². The Morgan fingerprint density at radius 1 is 0.186 bits per heavy atom. The summed E-state index contributed by atoms with van der Waals surface area (Å²) in [5, 5.41) is 0. The van der Waals surface area contributed by atoms with Crippen LogP contribution in [-0.4, -0.2) is 36.6 Å². The summed E-state index contributed by atoms with van der Waals surface area (Å²) in [6.45, 7) is 44.0. The average Bonchev–Trinajstić information content (AvgIpc) is 0.697. The lowest BCUT2D eigenvalue weighted by Gasteiger charge is -2.30. The van der Waals surface area contributed by atoms with E-state index in [2.05, 4.69) is 338 Å². The lowest BCUT2D eigenvalue weighted by atomic mass is 9.76. The second-order valence-corrected chi connectivity index (χ2v) is 40.0. The monoisotopic (exact) mass is 1880 g/mol. The molecule has 3 heteroatoms. The molecule has 0 aliphatic heterocycles. The first-order chi connectivity index (χ1) is 76.3. The van der Waals surface area contributed by atoms with Crippen molar-refractivity contribution < 1.29 is 52.6 Å². The van der Waals surface area contributed by atoms with E-state index >= 15 is 0 Å². The predicted molar refractivity (Wildman–Crippen MR) is 617 cm³/mol. The molecule has 0 spiro atoms. The minimum absolute atomic E-state index is 0. The Bertz CT molecular complexity index is 7590. The molecule has 0 aliphatic rings. The van der Waals surface area contributed by atoms with Crippen LogP contribution in [0.2, 0.25) is 0 Å². The summed E-state index contributed by atoms with van der Waals surface area (Å²) in [7, 11) is 3.42. The number of hydrogen-bond acceptors (Lipinski definition) is 3. The quantitative estimate of drug-likeness (QED) is 0.109. The summed E-state index contributed by atoms with van der Waals surface area (Å²) in [6, 6.07) is 65.6. The van der Waals surface area contributed by atoms with E-state index < -0.39 is 247 Å². The van der Waals surface area contributed by atoms with Gasteiger partial charge in [0.25, 0.3) is 0 Å². The van der Waals surface area contributed by atoms with Crippen LogP contribution in [0.4, 0.5) is 0 Å². The topological polar surface area (TPSA) is 27.7 Å². The molecule has 3 nitrogen and oxygen atoms in total. The summed E-state index contributed by atoms with van der Waals surface area (Å²) in [6.07, 6.45) is 0. The molecule has 0 saturated carbocycles. The normalized spacial score (nSPS) is 14.1. The van der Waals surface area contributed by atoms with Crippen LogP contribution in [0, 0.1) is 6.92 Å². The van der Waals surface area contributed by atoms with Crippen LogP contribution in [0.15, 0.2) is 424 Å². The molecule has 0 saturated heterocycles. The van der Waals surface area contributed by atoms with Gasteiger partial charge in [0, 0.05) is 14.2 Å². The number of hydrogen-bond donors (Lipinski definition) is 0. The third-order valence-corrected chi connectivity index (χ3v) is 21.5. The molecule has 0 atom stereocenters. The first-order valence-electron chi connectivity index (χ1n) is 59.8. The van der Waals surface area contributed by atoms with Crippen molar-refractivity contribution in [1.29, 1.82) is 0 Å². The molecule has 0 N–H and O–H groups in total. The molecule has 17 aromatic rings. The fraction of sp³-hybridized carbons (Fsp3) is 0.255. The Morgan fingerprint density at radius 2 is 0.407 bits per heavy atom. The fourth-order valence-electron chi connectivity index (χ4n) is 15.0. The van der Waals surface area contributed by atoms with Crippen molar-refractivity contribution in [2.75, 3.05) is 14.2 Å². The van der Waals surface area contributed by atoms with Crippen LogP contribution in [0.25, 0.3) is 156 Å². The molecule has 0 aromatic heterocycles. The Hall–Kier alpha value is -13.4. The zero-order chi connectivity index (χ0) is 122. The molecule has 140 heavy (non-hydrogen) atoms. The van der Waals surface area contributed by atoms with Crippen molar-refractivity contribution in [1.82, 2.24) is 0 Å². The fourth-order valence-corrected chi connectivity index (χ4v) is 15.0. The van der Waals surface area contributed by atoms with Crippen LogP contribution in [0.1, 0.15) is 236 Å². The standard InChI is InChI=1S/C47H40.C46H38.C22H22.C8H18O.2C5H12O.4CH4/c1-33-23-25-37(26-24-33)41-28-40(36-19-12-7-13-20-36)31-43(32-41)45-22-14-21-44(46(45)47(2,3)4)42-29-38(34-15-8-5-9-16-34)27-39(30-42)35-17-10-6-11-18-35;1-46(2,3)45-43(41-29-37(33-17-8-4-9-18-33)27-38(30-41)34-19-10-5-11-20-34)25-16-26-44(45)42-31-39(35-21-12-6-13-22-35)28-40(32-42)36-23-14-7-15-24-36;1-22(2,3)21-15-19(17-10-6-4-7-11-17)14-20(16-21)18-12-8-5-9-13-18;1-7(2,3)9-8(4,5)6;2*1-5(2,3)6-4;;;;/h5-32H,1-4H3;4-32H,1-3H3;4-16H,1-3H3;1-6H3;2*1-4H3;4*1H4/i5D,6D,7D,8D,9D,10D,11D,12D,13D,14D,15D,16D,17D,18D,19D,20D,21D,22D,23D,24D,25D,26D,27D,28D,29D,30D,31D,32D;;;;;;;;;. The summed E-state index contributed by atoms with van der Waals surface area (Å²) >= 11 is 0. The maximum Gasteiger partial charge on any atom is 0.0636 e. The van der Waals surface area contributed by atoms with Crippen molar-refractivity contribution in [3.8, 4) is 156 Å². The smallest absolute Gasteiger partial charge is 0.0636 e. The van der Waals surface area contributed by atoms with Gasteiger partial charge >= 0.3 is 0 Å². The number of methoxy groups -OCH3 is 2. The predicted octanol–water partition coefficient (Wildman–Crippen LogP) is 40.6. The number of rotatable bonds is 14. The molecule has 0 heterocycles. The zero-order valence-electron chi connectivity index (χ0n) is 111. The molecule has 17 rings (SSSR count). The van der Waals surface area contributed by atoms with E-state index in [1.54, 1.807) is 14.2 Å². The summed E-state index contributed by atoms with van der Waals surface area (Å²) in [5.41, 5.74) is 10.8. The van der Waals surface area contributed by atoms with Gasteiger partial charge in [0.15, 0.2) is 0 Å². The molecular weight excluding hydrogens is 1690 g/mol. The Balaban J connectivity index is 0.000000306. The zero-order valence-corrected chi connectivity index (χ0v) is 83.0. The maximum atomic E-state index is 9.89. The maximum absolute atomic E-state index is 9.89. The Morgan fingerprint density at radius 3 is 0.629 bits per heavy atom. The molecule has 0 amide bonds. The third-order valence-electron chi connectivity index (χ3n) is 21.5. The highest BCUT2D eigenvalue weighted by Crippen LogP contribution is 2.48. The largest absolute Gasteiger partial charge is 0.379 e. The SMILES string of the molecule is C.C.C.C.CC(C)(C)OC(C)(C)C.CC(C)(C)c1c(-c2cc(-c3ccccc3)cc(-c3ccccc3)c2)cccc1-c1cc(-c2ccccc2)cc(-c2ccccc2)c1.CC(C)(C)c1cc(-c2ccccc2)cc(-c2ccccc2)c1.COC(C)(C)C.COC(C)(C)C.[2H]c1c([2H])c([2H])c(-c2c([2H])c(-c3c([2H])c([2H])c([2H])c([2H])c3[2H])c([2H])c(-c3c([2H])c([2H])c([2H])c(-c4c([2H])c(-c5c([2H])c([2H])c([2H])c([2H])c5[2H])c([2H])c(-c5c([2H])c([2H])c(C)c([2H])c5[2H])c4[2H])c3C(C)(C)C)c2[2H])c([2H])c1[2H]. The van der Waals surface area contributed by atoms with E-state index in [9.17, 15) is 12.3 Å². The molecule has 0 aliphatic carbocycles. The Labute approximate surface area is 885 Å². The van der Waals surface area contributed by atoms with Crippen LogP contribution in [-0.2, 0) is 30.5 Å². The average molecular weight is 1880 g/mol. The molecule has 0 fully saturated rings. The molecule has 0 unspecified atom stereocenters. The lowest BCUT2D eigenvalue weighted by molar-refractivity contribution is -0.102.